The van der Waals surface area contributed by atoms with Gasteiger partial charge in [-0.2, -0.15) is 0 Å². The number of rotatable bonds is 7. The summed E-state index contributed by atoms with van der Waals surface area (Å²) in [5.41, 5.74) is 0.752. The minimum absolute atomic E-state index is 0.102. The average Bonchev–Trinajstić information content (AvgIpc) is 2.77. The molecule has 0 unspecified atom stereocenters. The highest BCUT2D eigenvalue weighted by molar-refractivity contribution is 5.89. The predicted octanol–water partition coefficient (Wildman–Crippen LogP) is 1.71. The highest BCUT2D eigenvalue weighted by Crippen LogP contribution is 2.25. The molecule has 154 valence electrons. The van der Waals surface area contributed by atoms with Gasteiger partial charge < -0.3 is 24.6 Å². The number of likely N-dealkylation sites (N-methyl/N-ethyl adjacent to an activating group) is 1. The summed E-state index contributed by atoms with van der Waals surface area (Å²) >= 11 is 0. The van der Waals surface area contributed by atoms with Crippen LogP contribution >= 0.6 is 0 Å². The van der Waals surface area contributed by atoms with E-state index < -0.39 is 6.04 Å². The van der Waals surface area contributed by atoms with E-state index in [4.69, 9.17) is 9.47 Å². The summed E-state index contributed by atoms with van der Waals surface area (Å²) in [5.74, 6) is 0.558. The molecule has 7 heteroatoms. The van der Waals surface area contributed by atoms with Crippen LogP contribution in [-0.2, 0) is 9.59 Å². The molecule has 0 saturated carbocycles. The van der Waals surface area contributed by atoms with E-state index in [1.807, 2.05) is 43.4 Å². The Hall–Kier alpha value is -3.06. The fourth-order valence-corrected chi connectivity index (χ4v) is 3.23. The van der Waals surface area contributed by atoms with Crippen LogP contribution in [0.2, 0.25) is 0 Å². The topological polar surface area (TPSA) is 71.1 Å². The summed E-state index contributed by atoms with van der Waals surface area (Å²) in [6.07, 6.45) is 0. The number of nitrogens with one attached hydrogen (secondary N) is 1. The molecule has 1 heterocycles. The van der Waals surface area contributed by atoms with E-state index in [0.717, 1.165) is 18.7 Å². The number of para-hydroxylation sites is 2. The first-order valence-corrected chi connectivity index (χ1v) is 9.66. The quantitative estimate of drug-likeness (QED) is 0.770. The van der Waals surface area contributed by atoms with Crippen molar-refractivity contribution in [3.05, 3.63) is 60.2 Å². The number of ether oxygens (including phenoxy) is 2. The zero-order chi connectivity index (χ0) is 20.6. The van der Waals surface area contributed by atoms with Crippen LogP contribution in [0.3, 0.4) is 0 Å². The number of methoxy groups -OCH3 is 1. The Labute approximate surface area is 171 Å². The predicted molar refractivity (Wildman–Crippen MR) is 110 cm³/mol. The highest BCUT2D eigenvalue weighted by atomic mass is 16.5. The lowest BCUT2D eigenvalue weighted by molar-refractivity contribution is -0.138. The van der Waals surface area contributed by atoms with Gasteiger partial charge in [0.15, 0.2) is 18.1 Å². The van der Waals surface area contributed by atoms with Gasteiger partial charge in [-0.3, -0.25) is 9.59 Å². The van der Waals surface area contributed by atoms with Crippen molar-refractivity contribution in [3.63, 3.8) is 0 Å². The molecule has 1 N–H and O–H groups in total. The third-order valence-corrected chi connectivity index (χ3v) is 4.93. The van der Waals surface area contributed by atoms with E-state index in [9.17, 15) is 9.59 Å². The normalized spacial score (nSPS) is 15.4. The van der Waals surface area contributed by atoms with Crippen LogP contribution in [-0.4, -0.2) is 68.6 Å². The standard InChI is InChI=1S/C22H27N3O4/c1-24-12-14-25(15-13-24)22(27)21(17-8-4-3-5-9-17)23-20(26)16-29-19-11-7-6-10-18(19)28-2/h3-11,21H,12-16H2,1-2H3,(H,23,26)/t21-/m0/s1. The molecule has 0 aromatic heterocycles. The van der Waals surface area contributed by atoms with Crippen LogP contribution in [0.1, 0.15) is 11.6 Å². The van der Waals surface area contributed by atoms with Gasteiger partial charge in [0.2, 0.25) is 5.91 Å². The number of amides is 2. The van der Waals surface area contributed by atoms with Crippen molar-refractivity contribution >= 4 is 11.8 Å². The van der Waals surface area contributed by atoms with Crippen molar-refractivity contribution in [2.75, 3.05) is 46.9 Å². The number of hydrogen-bond acceptors (Lipinski definition) is 5. The fourth-order valence-electron chi connectivity index (χ4n) is 3.23. The van der Waals surface area contributed by atoms with Gasteiger partial charge in [-0.25, -0.2) is 0 Å². The Morgan fingerprint density at radius 3 is 2.24 bits per heavy atom. The van der Waals surface area contributed by atoms with Gasteiger partial charge in [0.05, 0.1) is 7.11 Å². The molecule has 0 aliphatic carbocycles. The Morgan fingerprint density at radius 1 is 0.966 bits per heavy atom. The average molecular weight is 397 g/mol. The van der Waals surface area contributed by atoms with Crippen molar-refractivity contribution in [1.29, 1.82) is 0 Å². The van der Waals surface area contributed by atoms with Gasteiger partial charge >= 0.3 is 0 Å². The van der Waals surface area contributed by atoms with Crippen LogP contribution in [0, 0.1) is 0 Å². The van der Waals surface area contributed by atoms with E-state index in [-0.39, 0.29) is 18.4 Å². The molecule has 1 fully saturated rings. The first-order chi connectivity index (χ1) is 14.1. The van der Waals surface area contributed by atoms with Gasteiger partial charge in [0.1, 0.15) is 6.04 Å². The molecule has 0 bridgehead atoms. The molecule has 3 rings (SSSR count). The molecule has 29 heavy (non-hydrogen) atoms. The minimum atomic E-state index is -0.742. The Balaban J connectivity index is 1.68. The van der Waals surface area contributed by atoms with Gasteiger partial charge in [-0.1, -0.05) is 42.5 Å². The van der Waals surface area contributed by atoms with Gasteiger partial charge in [0.25, 0.3) is 5.91 Å². The lowest BCUT2D eigenvalue weighted by atomic mass is 10.0. The van der Waals surface area contributed by atoms with Crippen molar-refractivity contribution in [3.8, 4) is 11.5 Å². The summed E-state index contributed by atoms with van der Waals surface area (Å²) < 4.78 is 10.8. The van der Waals surface area contributed by atoms with Gasteiger partial charge in [-0.15, -0.1) is 0 Å². The SMILES string of the molecule is COc1ccccc1OCC(=O)N[C@H](C(=O)N1CCN(C)CC1)c1ccccc1. The molecule has 1 aliphatic heterocycles. The second-order valence-electron chi connectivity index (χ2n) is 6.98. The molecular weight excluding hydrogens is 370 g/mol. The molecule has 1 aliphatic rings. The second-order valence-corrected chi connectivity index (χ2v) is 6.98. The number of hydrogen-bond donors (Lipinski definition) is 1. The van der Waals surface area contributed by atoms with Crippen molar-refractivity contribution < 1.29 is 19.1 Å². The van der Waals surface area contributed by atoms with E-state index in [2.05, 4.69) is 10.2 Å². The van der Waals surface area contributed by atoms with Crippen molar-refractivity contribution in [2.45, 2.75) is 6.04 Å². The van der Waals surface area contributed by atoms with E-state index in [1.54, 1.807) is 30.2 Å². The summed E-state index contributed by atoms with van der Waals surface area (Å²) in [6, 6.07) is 15.7. The lowest BCUT2D eigenvalue weighted by Gasteiger charge is -2.34. The van der Waals surface area contributed by atoms with Gasteiger partial charge in [0, 0.05) is 26.2 Å². The molecule has 2 aromatic carbocycles. The molecule has 1 saturated heterocycles. The zero-order valence-corrected chi connectivity index (χ0v) is 16.8. The maximum Gasteiger partial charge on any atom is 0.258 e. The minimum Gasteiger partial charge on any atom is -0.493 e. The van der Waals surface area contributed by atoms with Crippen molar-refractivity contribution in [1.82, 2.24) is 15.1 Å². The Morgan fingerprint density at radius 2 is 1.59 bits per heavy atom. The molecule has 7 nitrogen and oxygen atoms in total. The third-order valence-electron chi connectivity index (χ3n) is 4.93. The lowest BCUT2D eigenvalue weighted by Crippen LogP contribution is -2.51. The largest absolute Gasteiger partial charge is 0.493 e. The summed E-state index contributed by atoms with van der Waals surface area (Å²) in [7, 11) is 3.58. The number of piperazine rings is 1. The fraction of sp³-hybridized carbons (Fsp3) is 0.364. The second kappa shape index (κ2) is 9.93. The Kier molecular flexibility index (Phi) is 7.08. The van der Waals surface area contributed by atoms with Gasteiger partial charge in [-0.05, 0) is 24.7 Å². The molecule has 0 spiro atoms. The first-order valence-electron chi connectivity index (χ1n) is 9.66. The number of carbonyl (C=O) groups excluding carboxylic acids is 2. The summed E-state index contributed by atoms with van der Waals surface area (Å²) in [4.78, 5) is 29.7. The number of nitrogens with zero attached hydrogens (tertiary/aromatic N) is 2. The van der Waals surface area contributed by atoms with Crippen molar-refractivity contribution in [2.24, 2.45) is 0 Å². The number of carbonyl (C=O) groups is 2. The Bertz CT molecular complexity index is 820. The van der Waals surface area contributed by atoms with E-state index in [0.29, 0.717) is 24.6 Å². The maximum atomic E-state index is 13.1. The molecular formula is C22H27N3O4. The van der Waals surface area contributed by atoms with Crippen LogP contribution in [0.25, 0.3) is 0 Å². The smallest absolute Gasteiger partial charge is 0.258 e. The van der Waals surface area contributed by atoms with Crippen LogP contribution in [0.5, 0.6) is 11.5 Å². The van der Waals surface area contributed by atoms with Crippen LogP contribution < -0.4 is 14.8 Å². The van der Waals surface area contributed by atoms with Crippen LogP contribution in [0.15, 0.2) is 54.6 Å². The van der Waals surface area contributed by atoms with E-state index >= 15 is 0 Å². The molecule has 0 radical (unpaired) electrons. The monoisotopic (exact) mass is 397 g/mol. The molecule has 2 aromatic rings. The van der Waals surface area contributed by atoms with Crippen LogP contribution in [0.4, 0.5) is 0 Å². The summed E-state index contributed by atoms with van der Waals surface area (Å²) in [6.45, 7) is 2.72. The zero-order valence-electron chi connectivity index (χ0n) is 16.8. The molecule has 1 atom stereocenters. The van der Waals surface area contributed by atoms with E-state index in [1.165, 1.54) is 0 Å². The number of benzene rings is 2. The third kappa shape index (κ3) is 5.48. The maximum absolute atomic E-state index is 13.1. The molecule has 2 amide bonds. The first kappa shape index (κ1) is 20.7. The highest BCUT2D eigenvalue weighted by Gasteiger charge is 2.29. The summed E-state index contributed by atoms with van der Waals surface area (Å²) in [5, 5.41) is 2.84.